The van der Waals surface area contributed by atoms with Crippen LogP contribution in [0.25, 0.3) is 11.3 Å². The lowest BCUT2D eigenvalue weighted by Crippen LogP contribution is -2.22. The maximum Gasteiger partial charge on any atom is 0.179 e. The van der Waals surface area contributed by atoms with E-state index in [0.717, 1.165) is 5.56 Å². The van der Waals surface area contributed by atoms with Crippen LogP contribution in [0.4, 0.5) is 5.82 Å². The quantitative estimate of drug-likeness (QED) is 0.878. The number of aromatic nitrogens is 2. The molecule has 1 aliphatic heterocycles. The summed E-state index contributed by atoms with van der Waals surface area (Å²) in [6, 6.07) is 3.67. The Balaban J connectivity index is 2.10. The molecule has 1 aromatic carbocycles. The van der Waals surface area contributed by atoms with Crippen molar-refractivity contribution in [1.82, 2.24) is 9.55 Å². The Hall–Kier alpha value is -1.88. The van der Waals surface area contributed by atoms with Crippen LogP contribution in [-0.2, 0) is 5.54 Å². The summed E-state index contributed by atoms with van der Waals surface area (Å²) in [6.07, 6.45) is 1.75. The van der Waals surface area contributed by atoms with Crippen molar-refractivity contribution in [2.75, 3.05) is 18.9 Å². The maximum atomic E-state index is 6.27. The highest BCUT2D eigenvalue weighted by Gasteiger charge is 2.22. The van der Waals surface area contributed by atoms with Crippen LogP contribution in [0, 0.1) is 0 Å². The molecule has 1 aromatic heterocycles. The van der Waals surface area contributed by atoms with Gasteiger partial charge in [-0.2, -0.15) is 0 Å². The topological polar surface area (TPSA) is 62.3 Å². The Morgan fingerprint density at radius 2 is 1.95 bits per heavy atom. The molecular weight excluding hydrogens is 290 g/mol. The van der Waals surface area contributed by atoms with Crippen LogP contribution in [0.1, 0.15) is 20.8 Å². The lowest BCUT2D eigenvalue weighted by molar-refractivity contribution is 0.172. The molecule has 112 valence electrons. The number of nitrogens with zero attached hydrogens (tertiary/aromatic N) is 2. The first-order valence-corrected chi connectivity index (χ1v) is 7.18. The number of ether oxygens (including phenoxy) is 2. The van der Waals surface area contributed by atoms with E-state index < -0.39 is 0 Å². The zero-order valence-electron chi connectivity index (χ0n) is 12.3. The van der Waals surface area contributed by atoms with E-state index in [0.29, 0.717) is 41.2 Å². The van der Waals surface area contributed by atoms with Crippen molar-refractivity contribution in [2.24, 2.45) is 0 Å². The summed E-state index contributed by atoms with van der Waals surface area (Å²) in [4.78, 5) is 4.43. The van der Waals surface area contributed by atoms with Gasteiger partial charge in [-0.3, -0.25) is 0 Å². The highest BCUT2D eigenvalue weighted by molar-refractivity contribution is 6.32. The molecule has 0 aliphatic carbocycles. The normalized spacial score (nSPS) is 14.3. The summed E-state index contributed by atoms with van der Waals surface area (Å²) in [5.74, 6) is 1.82. The lowest BCUT2D eigenvalue weighted by atomic mass is 10.1. The Kier molecular flexibility index (Phi) is 3.24. The van der Waals surface area contributed by atoms with Gasteiger partial charge < -0.3 is 19.8 Å². The van der Waals surface area contributed by atoms with E-state index in [1.807, 2.05) is 10.6 Å². The second-order valence-corrected chi connectivity index (χ2v) is 6.41. The molecule has 2 heterocycles. The molecule has 0 saturated carbocycles. The van der Waals surface area contributed by atoms with Gasteiger partial charge in [0.05, 0.1) is 11.3 Å². The minimum absolute atomic E-state index is 0.132. The fraction of sp³-hybridized carbons (Fsp3) is 0.400. The van der Waals surface area contributed by atoms with Gasteiger partial charge in [-0.25, -0.2) is 4.98 Å². The fourth-order valence-corrected chi connectivity index (χ4v) is 2.63. The second kappa shape index (κ2) is 4.84. The third-order valence-corrected chi connectivity index (χ3v) is 3.68. The first-order valence-electron chi connectivity index (χ1n) is 6.81. The van der Waals surface area contributed by atoms with Crippen LogP contribution < -0.4 is 15.2 Å². The van der Waals surface area contributed by atoms with Crippen LogP contribution in [0.2, 0.25) is 5.02 Å². The van der Waals surface area contributed by atoms with E-state index in [2.05, 4.69) is 25.8 Å². The Morgan fingerprint density at radius 3 is 2.62 bits per heavy atom. The predicted molar refractivity (Wildman–Crippen MR) is 83.1 cm³/mol. The van der Waals surface area contributed by atoms with Gasteiger partial charge in [0, 0.05) is 11.1 Å². The molecule has 5 nitrogen and oxygen atoms in total. The summed E-state index contributed by atoms with van der Waals surface area (Å²) >= 11 is 6.27. The molecule has 3 rings (SSSR count). The number of anilines is 1. The fourth-order valence-electron chi connectivity index (χ4n) is 2.36. The van der Waals surface area contributed by atoms with Crippen molar-refractivity contribution in [2.45, 2.75) is 26.3 Å². The Bertz CT molecular complexity index is 689. The van der Waals surface area contributed by atoms with E-state index in [1.54, 1.807) is 12.4 Å². The number of nitrogens with two attached hydrogens (primary N) is 1. The van der Waals surface area contributed by atoms with Crippen molar-refractivity contribution in [3.63, 3.8) is 0 Å². The minimum Gasteiger partial charge on any atom is -0.486 e. The number of fused-ring (bicyclic) bond motifs is 1. The van der Waals surface area contributed by atoms with Crippen LogP contribution >= 0.6 is 11.6 Å². The van der Waals surface area contributed by atoms with Gasteiger partial charge in [-0.05, 0) is 32.9 Å². The summed E-state index contributed by atoms with van der Waals surface area (Å²) in [6.45, 7) is 7.24. The SMILES string of the molecule is CC(C)(C)n1cnc(-c2cc(Cl)c3c(c2)OCCO3)c1N. The van der Waals surface area contributed by atoms with Gasteiger partial charge in [-0.1, -0.05) is 11.6 Å². The zero-order chi connectivity index (χ0) is 15.2. The van der Waals surface area contributed by atoms with Gasteiger partial charge >= 0.3 is 0 Å². The first kappa shape index (κ1) is 14.1. The third kappa shape index (κ3) is 2.42. The smallest absolute Gasteiger partial charge is 0.179 e. The van der Waals surface area contributed by atoms with Crippen molar-refractivity contribution in [1.29, 1.82) is 0 Å². The van der Waals surface area contributed by atoms with Crippen molar-refractivity contribution < 1.29 is 9.47 Å². The largest absolute Gasteiger partial charge is 0.486 e. The minimum atomic E-state index is -0.132. The summed E-state index contributed by atoms with van der Waals surface area (Å²) < 4.78 is 13.1. The average Bonchev–Trinajstić information content (AvgIpc) is 2.80. The summed E-state index contributed by atoms with van der Waals surface area (Å²) in [7, 11) is 0. The third-order valence-electron chi connectivity index (χ3n) is 3.40. The summed E-state index contributed by atoms with van der Waals surface area (Å²) in [5.41, 5.74) is 7.62. The average molecular weight is 308 g/mol. The monoisotopic (exact) mass is 307 g/mol. The molecule has 0 saturated heterocycles. The number of halogens is 1. The van der Waals surface area contributed by atoms with Crippen LogP contribution in [-0.4, -0.2) is 22.8 Å². The molecule has 1 aliphatic rings. The lowest BCUT2D eigenvalue weighted by Gasteiger charge is -2.22. The molecular formula is C15H18ClN3O2. The summed E-state index contributed by atoms with van der Waals surface area (Å²) in [5, 5.41) is 0.506. The van der Waals surface area contributed by atoms with Gasteiger partial charge in [0.15, 0.2) is 11.5 Å². The Labute approximate surface area is 128 Å². The molecule has 2 aromatic rings. The zero-order valence-corrected chi connectivity index (χ0v) is 13.1. The number of benzene rings is 1. The second-order valence-electron chi connectivity index (χ2n) is 6.00. The van der Waals surface area contributed by atoms with E-state index >= 15 is 0 Å². The Morgan fingerprint density at radius 1 is 1.24 bits per heavy atom. The first-order chi connectivity index (χ1) is 9.88. The van der Waals surface area contributed by atoms with E-state index in [-0.39, 0.29) is 5.54 Å². The van der Waals surface area contributed by atoms with Gasteiger partial charge in [0.25, 0.3) is 0 Å². The molecule has 21 heavy (non-hydrogen) atoms. The molecule has 0 radical (unpaired) electrons. The van der Waals surface area contributed by atoms with Crippen LogP contribution in [0.15, 0.2) is 18.5 Å². The number of hydrogen-bond donors (Lipinski definition) is 1. The number of nitrogen functional groups attached to an aromatic ring is 1. The molecule has 0 amide bonds. The highest BCUT2D eigenvalue weighted by Crippen LogP contribution is 2.42. The van der Waals surface area contributed by atoms with Crippen molar-refractivity contribution in [3.8, 4) is 22.8 Å². The molecule has 0 unspecified atom stereocenters. The molecule has 2 N–H and O–H groups in total. The van der Waals surface area contributed by atoms with Crippen LogP contribution in [0.3, 0.4) is 0 Å². The number of imidazole rings is 1. The standard InChI is InChI=1S/C15H18ClN3O2/c1-15(2,3)19-8-18-12(14(19)17)9-6-10(16)13-11(7-9)20-4-5-21-13/h6-8H,4-5,17H2,1-3H3. The van der Waals surface area contributed by atoms with Crippen molar-refractivity contribution in [3.05, 3.63) is 23.5 Å². The van der Waals surface area contributed by atoms with E-state index in [4.69, 9.17) is 26.8 Å². The van der Waals surface area contributed by atoms with E-state index in [1.165, 1.54) is 0 Å². The molecule has 0 fully saturated rings. The molecule has 0 atom stereocenters. The van der Waals surface area contributed by atoms with Crippen LogP contribution in [0.5, 0.6) is 11.5 Å². The van der Waals surface area contributed by atoms with Gasteiger partial charge in [0.2, 0.25) is 0 Å². The number of rotatable bonds is 1. The maximum absolute atomic E-state index is 6.27. The predicted octanol–water partition coefficient (Wildman–Crippen LogP) is 3.31. The van der Waals surface area contributed by atoms with E-state index in [9.17, 15) is 0 Å². The van der Waals surface area contributed by atoms with Gasteiger partial charge in [-0.15, -0.1) is 0 Å². The highest BCUT2D eigenvalue weighted by atomic mass is 35.5. The molecule has 0 bridgehead atoms. The molecule has 6 heteroatoms. The molecule has 0 spiro atoms. The van der Waals surface area contributed by atoms with Gasteiger partial charge in [0.1, 0.15) is 24.7 Å². The number of hydrogen-bond acceptors (Lipinski definition) is 4. The van der Waals surface area contributed by atoms with Crippen molar-refractivity contribution >= 4 is 17.4 Å².